The summed E-state index contributed by atoms with van der Waals surface area (Å²) >= 11 is 0. The molecule has 0 aliphatic heterocycles. The molecule has 5 heteroatoms. The van der Waals surface area contributed by atoms with Gasteiger partial charge in [-0.2, -0.15) is 0 Å². The molecule has 1 rings (SSSR count). The first-order valence-corrected chi connectivity index (χ1v) is 7.03. The van der Waals surface area contributed by atoms with Gasteiger partial charge in [-0.15, -0.1) is 0 Å². The molecule has 112 valence electrons. The maximum atomic E-state index is 13.5. The normalized spacial score (nSPS) is 10.3. The smallest absolute Gasteiger partial charge is 0.253 e. The second kappa shape index (κ2) is 9.31. The number of hydrogen-bond donors (Lipinski definition) is 2. The zero-order valence-corrected chi connectivity index (χ0v) is 12.2. The highest BCUT2D eigenvalue weighted by Gasteiger charge is 2.13. The van der Waals surface area contributed by atoms with Crippen molar-refractivity contribution >= 4 is 11.6 Å². The van der Waals surface area contributed by atoms with E-state index in [0.717, 1.165) is 25.9 Å². The van der Waals surface area contributed by atoms with Gasteiger partial charge in [0.2, 0.25) is 0 Å². The van der Waals surface area contributed by atoms with Crippen molar-refractivity contribution in [3.63, 3.8) is 0 Å². The quantitative estimate of drug-likeness (QED) is 0.685. The number of anilines is 1. The Morgan fingerprint density at radius 3 is 2.75 bits per heavy atom. The molecule has 20 heavy (non-hydrogen) atoms. The van der Waals surface area contributed by atoms with Gasteiger partial charge in [0, 0.05) is 26.8 Å². The lowest BCUT2D eigenvalue weighted by Crippen LogP contribution is -2.26. The molecule has 1 amide bonds. The summed E-state index contributed by atoms with van der Waals surface area (Å²) < 4.78 is 18.9. The van der Waals surface area contributed by atoms with Gasteiger partial charge >= 0.3 is 0 Å². The second-order valence-corrected chi connectivity index (χ2v) is 4.49. The molecule has 1 aromatic rings. The highest BCUT2D eigenvalue weighted by Crippen LogP contribution is 2.18. The van der Waals surface area contributed by atoms with Crippen LogP contribution in [0.2, 0.25) is 0 Å². The molecule has 0 heterocycles. The molecular formula is C15H23FN2O2. The largest absolute Gasteiger partial charge is 0.385 e. The lowest BCUT2D eigenvalue weighted by atomic mass is 10.1. The minimum absolute atomic E-state index is 0.226. The predicted octanol–water partition coefficient (Wildman–Crippen LogP) is 2.80. The molecule has 0 saturated carbocycles. The van der Waals surface area contributed by atoms with Crippen LogP contribution in [0, 0.1) is 5.82 Å². The van der Waals surface area contributed by atoms with Crippen molar-refractivity contribution in [2.45, 2.75) is 26.2 Å². The van der Waals surface area contributed by atoms with Gasteiger partial charge in [0.05, 0.1) is 11.3 Å². The van der Waals surface area contributed by atoms with Gasteiger partial charge in [0.1, 0.15) is 5.82 Å². The first-order chi connectivity index (χ1) is 9.70. The topological polar surface area (TPSA) is 50.4 Å². The van der Waals surface area contributed by atoms with E-state index in [0.29, 0.717) is 18.7 Å². The summed E-state index contributed by atoms with van der Waals surface area (Å²) in [4.78, 5) is 12.0. The number of carbonyl (C=O) groups is 1. The van der Waals surface area contributed by atoms with Crippen molar-refractivity contribution in [3.8, 4) is 0 Å². The molecule has 0 saturated heterocycles. The Morgan fingerprint density at radius 1 is 1.30 bits per heavy atom. The van der Waals surface area contributed by atoms with Crippen LogP contribution in [0.4, 0.5) is 10.1 Å². The van der Waals surface area contributed by atoms with Gasteiger partial charge in [0.25, 0.3) is 5.91 Å². The number of nitrogens with one attached hydrogen (secondary N) is 2. The van der Waals surface area contributed by atoms with Crippen LogP contribution < -0.4 is 10.6 Å². The van der Waals surface area contributed by atoms with Crippen molar-refractivity contribution in [2.75, 3.05) is 32.1 Å². The minimum Gasteiger partial charge on any atom is -0.385 e. The van der Waals surface area contributed by atoms with Gasteiger partial charge in [0.15, 0.2) is 0 Å². The molecule has 0 unspecified atom stereocenters. The average molecular weight is 282 g/mol. The Bertz CT molecular complexity index is 424. The van der Waals surface area contributed by atoms with Gasteiger partial charge in [-0.3, -0.25) is 4.79 Å². The number of halogens is 1. The molecule has 0 aromatic heterocycles. The summed E-state index contributed by atoms with van der Waals surface area (Å²) in [5, 5.41) is 5.48. The summed E-state index contributed by atoms with van der Waals surface area (Å²) in [6.45, 7) is 4.02. The van der Waals surface area contributed by atoms with Crippen LogP contribution in [0.15, 0.2) is 18.2 Å². The van der Waals surface area contributed by atoms with E-state index in [-0.39, 0.29) is 11.6 Å². The second-order valence-electron chi connectivity index (χ2n) is 4.49. The van der Waals surface area contributed by atoms with Crippen LogP contribution in [-0.2, 0) is 4.74 Å². The number of para-hydroxylation sites is 1. The summed E-state index contributed by atoms with van der Waals surface area (Å²) in [7, 11) is 1.59. The highest BCUT2D eigenvalue weighted by molar-refractivity contribution is 5.99. The molecule has 0 aliphatic carbocycles. The maximum absolute atomic E-state index is 13.5. The average Bonchev–Trinajstić information content (AvgIpc) is 2.45. The Hall–Kier alpha value is -1.62. The zero-order chi connectivity index (χ0) is 14.8. The van der Waals surface area contributed by atoms with Crippen LogP contribution in [0.25, 0.3) is 0 Å². The third-order valence-electron chi connectivity index (χ3n) is 2.90. The number of unbranched alkanes of at least 4 members (excludes halogenated alkanes) is 1. The molecular weight excluding hydrogens is 259 g/mol. The van der Waals surface area contributed by atoms with Gasteiger partial charge in [-0.1, -0.05) is 19.4 Å². The maximum Gasteiger partial charge on any atom is 0.253 e. The highest BCUT2D eigenvalue weighted by atomic mass is 19.1. The molecule has 1 aromatic carbocycles. The fraction of sp³-hybridized carbons (Fsp3) is 0.533. The van der Waals surface area contributed by atoms with Crippen LogP contribution >= 0.6 is 0 Å². The lowest BCUT2D eigenvalue weighted by molar-refractivity contribution is 0.0941. The molecule has 0 fully saturated rings. The monoisotopic (exact) mass is 282 g/mol. The molecule has 4 nitrogen and oxygen atoms in total. The van der Waals surface area contributed by atoms with Gasteiger partial charge in [-0.05, 0) is 25.0 Å². The van der Waals surface area contributed by atoms with Crippen molar-refractivity contribution in [3.05, 3.63) is 29.6 Å². The Balaban J connectivity index is 2.35. The number of ether oxygens (including phenoxy) is 1. The van der Waals surface area contributed by atoms with Gasteiger partial charge < -0.3 is 15.4 Å². The third-order valence-corrected chi connectivity index (χ3v) is 2.90. The minimum atomic E-state index is -0.428. The molecule has 0 radical (unpaired) electrons. The number of amides is 1. The van der Waals surface area contributed by atoms with Crippen LogP contribution in [0.1, 0.15) is 36.5 Å². The number of hydrogen-bond acceptors (Lipinski definition) is 3. The van der Waals surface area contributed by atoms with E-state index in [4.69, 9.17) is 4.74 Å². The third kappa shape index (κ3) is 5.17. The van der Waals surface area contributed by atoms with Crippen LogP contribution in [0.5, 0.6) is 0 Å². The molecule has 0 bridgehead atoms. The van der Waals surface area contributed by atoms with Crippen molar-refractivity contribution in [1.29, 1.82) is 0 Å². The van der Waals surface area contributed by atoms with Crippen LogP contribution in [-0.4, -0.2) is 32.7 Å². The number of carbonyl (C=O) groups excluding carboxylic acids is 1. The van der Waals surface area contributed by atoms with E-state index in [9.17, 15) is 9.18 Å². The van der Waals surface area contributed by atoms with Crippen molar-refractivity contribution < 1.29 is 13.9 Å². The van der Waals surface area contributed by atoms with E-state index in [1.165, 1.54) is 12.1 Å². The first kappa shape index (κ1) is 16.4. The van der Waals surface area contributed by atoms with Crippen molar-refractivity contribution in [1.82, 2.24) is 5.32 Å². The van der Waals surface area contributed by atoms with Crippen molar-refractivity contribution in [2.24, 2.45) is 0 Å². The summed E-state index contributed by atoms with van der Waals surface area (Å²) in [6, 6.07) is 4.45. The molecule has 0 spiro atoms. The summed E-state index contributed by atoms with van der Waals surface area (Å²) in [5.41, 5.74) is 0.545. The van der Waals surface area contributed by atoms with E-state index < -0.39 is 5.82 Å². The SMILES string of the molecule is CCCCOCCCNC(=O)c1cccc(F)c1NC. The zero-order valence-electron chi connectivity index (χ0n) is 12.2. The fourth-order valence-corrected chi connectivity index (χ4v) is 1.79. The van der Waals surface area contributed by atoms with E-state index in [2.05, 4.69) is 17.6 Å². The summed E-state index contributed by atoms with van der Waals surface area (Å²) in [6.07, 6.45) is 2.92. The first-order valence-electron chi connectivity index (χ1n) is 7.03. The van der Waals surface area contributed by atoms with E-state index >= 15 is 0 Å². The molecule has 0 atom stereocenters. The standard InChI is InChI=1S/C15H23FN2O2/c1-3-4-10-20-11-6-9-18-15(19)12-7-5-8-13(16)14(12)17-2/h5,7-8,17H,3-4,6,9-11H2,1-2H3,(H,18,19). The predicted molar refractivity (Wildman–Crippen MR) is 78.6 cm³/mol. The Morgan fingerprint density at radius 2 is 2.05 bits per heavy atom. The molecule has 0 aliphatic rings. The Kier molecular flexibility index (Phi) is 7.65. The van der Waals surface area contributed by atoms with Crippen LogP contribution in [0.3, 0.4) is 0 Å². The number of benzene rings is 1. The van der Waals surface area contributed by atoms with E-state index in [1.807, 2.05) is 0 Å². The van der Waals surface area contributed by atoms with E-state index in [1.54, 1.807) is 13.1 Å². The fourth-order valence-electron chi connectivity index (χ4n) is 1.79. The lowest BCUT2D eigenvalue weighted by Gasteiger charge is -2.10. The number of rotatable bonds is 9. The molecule has 2 N–H and O–H groups in total. The Labute approximate surface area is 119 Å². The summed E-state index contributed by atoms with van der Waals surface area (Å²) in [5.74, 6) is -0.703. The van der Waals surface area contributed by atoms with Gasteiger partial charge in [-0.25, -0.2) is 4.39 Å².